The van der Waals surface area contributed by atoms with Gasteiger partial charge in [-0.2, -0.15) is 21.6 Å². The van der Waals surface area contributed by atoms with Crippen LogP contribution in [0.25, 0.3) is 0 Å². The molecular formula is C24H25F3O6S. The Bertz CT molecular complexity index is 1100. The van der Waals surface area contributed by atoms with E-state index in [2.05, 4.69) is 4.18 Å². The highest BCUT2D eigenvalue weighted by atomic mass is 32.2. The van der Waals surface area contributed by atoms with Gasteiger partial charge in [0, 0.05) is 18.4 Å². The van der Waals surface area contributed by atoms with Gasteiger partial charge in [0.25, 0.3) is 0 Å². The van der Waals surface area contributed by atoms with Crippen LogP contribution in [0.15, 0.2) is 72.0 Å². The Morgan fingerprint density at radius 3 is 2.26 bits per heavy atom. The van der Waals surface area contributed by atoms with Crippen molar-refractivity contribution in [2.75, 3.05) is 6.61 Å². The molecule has 1 saturated heterocycles. The largest absolute Gasteiger partial charge is 0.534 e. The van der Waals surface area contributed by atoms with Gasteiger partial charge in [-0.05, 0) is 24.1 Å². The Hall–Kier alpha value is -2.85. The Kier molecular flexibility index (Phi) is 8.37. The summed E-state index contributed by atoms with van der Waals surface area (Å²) in [6, 6.07) is 17.0. The van der Waals surface area contributed by atoms with E-state index in [-0.39, 0.29) is 30.8 Å². The molecule has 2 atom stereocenters. The van der Waals surface area contributed by atoms with Crippen LogP contribution in [-0.2, 0) is 23.8 Å². The third-order valence-corrected chi connectivity index (χ3v) is 6.20. The van der Waals surface area contributed by atoms with E-state index < -0.39 is 33.8 Å². The number of rotatable bonds is 9. The SMILES string of the molecule is CCCCC(OS(=O)(=O)C(F)(F)F)=C1C[C@H](COC(=O)c2ccccc2)O[C@@H]1c1ccccc1. The molecule has 1 aliphatic heterocycles. The normalized spacial score (nSPS) is 20.1. The minimum atomic E-state index is -5.85. The van der Waals surface area contributed by atoms with Crippen LogP contribution in [0.5, 0.6) is 0 Å². The molecule has 10 heteroatoms. The number of ether oxygens (including phenoxy) is 2. The summed E-state index contributed by atoms with van der Waals surface area (Å²) in [4.78, 5) is 12.3. The fourth-order valence-electron chi connectivity index (χ4n) is 3.54. The molecule has 0 unspecified atom stereocenters. The fourth-order valence-corrected chi connectivity index (χ4v) is 4.09. The second kappa shape index (κ2) is 11.1. The molecule has 0 radical (unpaired) electrons. The molecule has 1 heterocycles. The van der Waals surface area contributed by atoms with Crippen LogP contribution < -0.4 is 0 Å². The maximum atomic E-state index is 13.0. The van der Waals surface area contributed by atoms with Gasteiger partial charge in [0.1, 0.15) is 18.5 Å². The number of benzene rings is 2. The van der Waals surface area contributed by atoms with E-state index >= 15 is 0 Å². The molecule has 6 nitrogen and oxygen atoms in total. The number of alkyl halides is 3. The summed E-state index contributed by atoms with van der Waals surface area (Å²) in [6.07, 6.45) is -0.459. The molecule has 2 aromatic rings. The first kappa shape index (κ1) is 25.8. The molecule has 184 valence electrons. The zero-order chi connectivity index (χ0) is 24.8. The highest BCUT2D eigenvalue weighted by Crippen LogP contribution is 2.42. The van der Waals surface area contributed by atoms with E-state index in [9.17, 15) is 26.4 Å². The van der Waals surface area contributed by atoms with Crippen molar-refractivity contribution < 1.29 is 40.0 Å². The molecule has 0 bridgehead atoms. The van der Waals surface area contributed by atoms with E-state index in [4.69, 9.17) is 9.47 Å². The quantitative estimate of drug-likeness (QED) is 0.191. The number of hydrogen-bond donors (Lipinski definition) is 0. The average Bonchev–Trinajstić information content (AvgIpc) is 3.25. The molecule has 34 heavy (non-hydrogen) atoms. The molecule has 0 N–H and O–H groups in total. The average molecular weight is 499 g/mol. The van der Waals surface area contributed by atoms with E-state index in [1.807, 2.05) is 6.92 Å². The van der Waals surface area contributed by atoms with Crippen LogP contribution in [-0.4, -0.2) is 32.6 Å². The van der Waals surface area contributed by atoms with Crippen LogP contribution in [0.4, 0.5) is 13.2 Å². The zero-order valence-corrected chi connectivity index (χ0v) is 19.3. The monoisotopic (exact) mass is 498 g/mol. The number of halogens is 3. The number of hydrogen-bond acceptors (Lipinski definition) is 6. The lowest BCUT2D eigenvalue weighted by Crippen LogP contribution is -2.26. The summed E-state index contributed by atoms with van der Waals surface area (Å²) in [5.41, 5.74) is -4.30. The van der Waals surface area contributed by atoms with Crippen LogP contribution >= 0.6 is 0 Å². The molecule has 0 saturated carbocycles. The van der Waals surface area contributed by atoms with Gasteiger partial charge in [-0.25, -0.2) is 4.79 Å². The van der Waals surface area contributed by atoms with Crippen LogP contribution in [0, 0.1) is 0 Å². The van der Waals surface area contributed by atoms with Gasteiger partial charge in [-0.1, -0.05) is 61.9 Å². The topological polar surface area (TPSA) is 78.9 Å². The van der Waals surface area contributed by atoms with Crippen molar-refractivity contribution in [2.24, 2.45) is 0 Å². The van der Waals surface area contributed by atoms with Gasteiger partial charge in [-0.3, -0.25) is 0 Å². The van der Waals surface area contributed by atoms with Crippen molar-refractivity contribution in [3.05, 3.63) is 83.1 Å². The lowest BCUT2D eigenvalue weighted by molar-refractivity contribution is -0.0525. The number of carbonyl (C=O) groups is 1. The molecule has 1 fully saturated rings. The smallest absolute Gasteiger partial charge is 0.459 e. The maximum absolute atomic E-state index is 13.0. The molecular weight excluding hydrogens is 473 g/mol. The Morgan fingerprint density at radius 2 is 1.68 bits per heavy atom. The van der Waals surface area contributed by atoms with E-state index in [1.54, 1.807) is 60.7 Å². The second-order valence-electron chi connectivity index (χ2n) is 7.75. The number of esters is 1. The Labute approximate surface area is 196 Å². The number of unbranched alkanes of at least 4 members (excludes halogenated alkanes) is 1. The van der Waals surface area contributed by atoms with Gasteiger partial charge in [0.05, 0.1) is 11.7 Å². The van der Waals surface area contributed by atoms with Crippen molar-refractivity contribution in [1.82, 2.24) is 0 Å². The van der Waals surface area contributed by atoms with Crippen molar-refractivity contribution in [1.29, 1.82) is 0 Å². The molecule has 1 aliphatic rings. The standard InChI is InChI=1S/C24H25F3O6S/c1-2-3-14-21(33-34(29,30)24(25,26)27)20-15-19(32-22(20)17-10-6-4-7-11-17)16-31-23(28)18-12-8-5-9-13-18/h4-13,19,22H,2-3,14-16H2,1H3/t19-,22-/m1/s1. The van der Waals surface area contributed by atoms with E-state index in [0.29, 0.717) is 24.0 Å². The number of carbonyl (C=O) groups excluding carboxylic acids is 1. The molecule has 2 aromatic carbocycles. The second-order valence-corrected chi connectivity index (χ2v) is 9.29. The van der Waals surface area contributed by atoms with E-state index in [0.717, 1.165) is 0 Å². The summed E-state index contributed by atoms with van der Waals surface area (Å²) in [6.45, 7) is 1.67. The third-order valence-electron chi connectivity index (χ3n) is 5.21. The molecule has 0 aromatic heterocycles. The number of allylic oxidation sites excluding steroid dienone is 1. The van der Waals surface area contributed by atoms with Crippen LogP contribution in [0.2, 0.25) is 0 Å². The first-order valence-electron chi connectivity index (χ1n) is 10.8. The summed E-state index contributed by atoms with van der Waals surface area (Å²) in [5, 5.41) is 0. The first-order chi connectivity index (χ1) is 16.1. The predicted molar refractivity (Wildman–Crippen MR) is 118 cm³/mol. The van der Waals surface area contributed by atoms with Gasteiger partial charge in [-0.15, -0.1) is 0 Å². The zero-order valence-electron chi connectivity index (χ0n) is 18.5. The summed E-state index contributed by atoms with van der Waals surface area (Å²) >= 11 is 0. The Morgan fingerprint density at radius 1 is 1.06 bits per heavy atom. The summed E-state index contributed by atoms with van der Waals surface area (Å²) in [5.74, 6) is -0.857. The van der Waals surface area contributed by atoms with Crippen LogP contribution in [0.3, 0.4) is 0 Å². The highest BCUT2D eigenvalue weighted by molar-refractivity contribution is 7.87. The van der Waals surface area contributed by atoms with Gasteiger partial charge >= 0.3 is 21.6 Å². The molecule has 0 aliphatic carbocycles. The van der Waals surface area contributed by atoms with Crippen molar-refractivity contribution in [3.8, 4) is 0 Å². The molecule has 0 spiro atoms. The van der Waals surface area contributed by atoms with Gasteiger partial charge in [0.15, 0.2) is 0 Å². The van der Waals surface area contributed by atoms with Crippen LogP contribution in [0.1, 0.15) is 54.6 Å². The van der Waals surface area contributed by atoms with Crippen molar-refractivity contribution >= 4 is 16.1 Å². The summed E-state index contributed by atoms with van der Waals surface area (Å²) in [7, 11) is -5.85. The third kappa shape index (κ3) is 6.38. The Balaban J connectivity index is 1.89. The van der Waals surface area contributed by atoms with Crippen molar-refractivity contribution in [2.45, 2.75) is 50.3 Å². The van der Waals surface area contributed by atoms with Crippen molar-refractivity contribution in [3.63, 3.8) is 0 Å². The first-order valence-corrected chi connectivity index (χ1v) is 12.2. The maximum Gasteiger partial charge on any atom is 0.534 e. The predicted octanol–water partition coefficient (Wildman–Crippen LogP) is 5.68. The molecule has 0 amide bonds. The molecule has 3 rings (SSSR count). The van der Waals surface area contributed by atoms with E-state index in [1.165, 1.54) is 0 Å². The lowest BCUT2D eigenvalue weighted by atomic mass is 9.97. The summed E-state index contributed by atoms with van der Waals surface area (Å²) < 4.78 is 78.7. The lowest BCUT2D eigenvalue weighted by Gasteiger charge is -2.18. The van der Waals surface area contributed by atoms with Gasteiger partial charge in [0.2, 0.25) is 0 Å². The highest BCUT2D eigenvalue weighted by Gasteiger charge is 2.49. The minimum absolute atomic E-state index is 0.00956. The minimum Gasteiger partial charge on any atom is -0.459 e. The van der Waals surface area contributed by atoms with Gasteiger partial charge < -0.3 is 13.7 Å². The fraction of sp³-hybridized carbons (Fsp3) is 0.375.